The summed E-state index contributed by atoms with van der Waals surface area (Å²) in [5.74, 6) is -0.936. The van der Waals surface area contributed by atoms with Gasteiger partial charge in [0.15, 0.2) is 0 Å². The summed E-state index contributed by atoms with van der Waals surface area (Å²) in [6, 6.07) is 0.566. The van der Waals surface area contributed by atoms with Crippen molar-refractivity contribution in [1.82, 2.24) is 4.90 Å². The lowest BCUT2D eigenvalue weighted by Gasteiger charge is -2.40. The first-order valence-electron chi connectivity index (χ1n) is 6.01. The van der Waals surface area contributed by atoms with Crippen molar-refractivity contribution in [2.45, 2.75) is 37.5 Å². The number of nitrogens with zero attached hydrogens (tertiary/aromatic N) is 1. The molecule has 2 fully saturated rings. The fraction of sp³-hybridized carbons (Fsp3) is 0.818. The minimum absolute atomic E-state index is 0.144. The van der Waals surface area contributed by atoms with Gasteiger partial charge in [-0.1, -0.05) is 0 Å². The van der Waals surface area contributed by atoms with Gasteiger partial charge in [-0.05, 0) is 19.9 Å². The Labute approximate surface area is 102 Å². The van der Waals surface area contributed by atoms with Gasteiger partial charge >= 0.3 is 5.97 Å². The average Bonchev–Trinajstić information content (AvgIpc) is 2.51. The Hall–Kier alpha value is -1.04. The summed E-state index contributed by atoms with van der Waals surface area (Å²) in [7, 11) is 4.80. The molecule has 4 atom stereocenters. The highest BCUT2D eigenvalue weighted by atomic mass is 16.6. The molecule has 0 spiro atoms. The van der Waals surface area contributed by atoms with Gasteiger partial charge in [-0.25, -0.2) is 0 Å². The predicted octanol–water partition coefficient (Wildman–Crippen LogP) is -0.220. The molecule has 2 aliphatic rings. The number of ether oxygens (including phenoxy) is 2. The van der Waals surface area contributed by atoms with Gasteiger partial charge in [-0.15, -0.1) is 0 Å². The number of hydrogen-bond donors (Lipinski definition) is 0. The molecule has 0 N–H and O–H groups in total. The molecule has 0 aromatic heterocycles. The van der Waals surface area contributed by atoms with E-state index in [9.17, 15) is 9.59 Å². The van der Waals surface area contributed by atoms with Gasteiger partial charge < -0.3 is 9.47 Å². The largest absolute Gasteiger partial charge is 0.470 e. The van der Waals surface area contributed by atoms with Crippen molar-refractivity contribution in [3.63, 3.8) is 0 Å². The van der Waals surface area contributed by atoms with E-state index < -0.39 is 0 Å². The van der Waals surface area contributed by atoms with E-state index in [0.717, 1.165) is 19.3 Å². The van der Waals surface area contributed by atoms with Crippen molar-refractivity contribution < 1.29 is 19.1 Å². The molecule has 2 aliphatic heterocycles. The third-order valence-corrected chi connectivity index (χ3v) is 4.00. The van der Waals surface area contributed by atoms with Gasteiger partial charge in [0.1, 0.15) is 12.0 Å². The molecule has 0 aromatic rings. The summed E-state index contributed by atoms with van der Waals surface area (Å²) in [6.45, 7) is 0. The lowest BCUT2D eigenvalue weighted by molar-refractivity contribution is -0.155. The van der Waals surface area contributed by atoms with Crippen LogP contribution >= 0.6 is 0 Å². The fourth-order valence-corrected chi connectivity index (χ4v) is 3.20. The summed E-state index contributed by atoms with van der Waals surface area (Å²) in [5.41, 5.74) is 0. The molecule has 94 valence electrons. The van der Waals surface area contributed by atoms with Gasteiger partial charge in [-0.3, -0.25) is 14.5 Å². The minimum Gasteiger partial charge on any atom is -0.470 e. The quantitative estimate of drug-likeness (QED) is 0.492. The maximum atomic E-state index is 11.9. The van der Waals surface area contributed by atoms with E-state index in [4.69, 9.17) is 9.47 Å². The van der Waals surface area contributed by atoms with Crippen molar-refractivity contribution in [3.05, 3.63) is 0 Å². The Balaban J connectivity index is 2.20. The molecule has 2 rings (SSSR count). The first-order chi connectivity index (χ1) is 8.04. The molecule has 0 radical (unpaired) electrons. The van der Waals surface area contributed by atoms with Crippen LogP contribution in [0.3, 0.4) is 0 Å². The van der Waals surface area contributed by atoms with E-state index in [2.05, 4.69) is 4.90 Å². The smallest absolute Gasteiger partial charge is 0.314 e. The van der Waals surface area contributed by atoms with E-state index in [1.165, 1.54) is 15.0 Å². The van der Waals surface area contributed by atoms with E-state index in [1.807, 2.05) is 7.05 Å². The Bertz CT molecular complexity index is 335. The van der Waals surface area contributed by atoms with E-state index in [-0.39, 0.29) is 29.9 Å². The third-order valence-electron chi connectivity index (χ3n) is 4.00. The van der Waals surface area contributed by atoms with Gasteiger partial charge in [-0.2, -0.15) is 0 Å². The fourth-order valence-electron chi connectivity index (χ4n) is 3.20. The highest BCUT2D eigenvalue weighted by Crippen LogP contribution is 2.40. The van der Waals surface area contributed by atoms with Crippen LogP contribution in [-0.4, -0.2) is 56.9 Å². The normalized spacial score (nSPS) is 36.6. The Morgan fingerprint density at radius 2 is 2.06 bits per heavy atom. The van der Waals surface area contributed by atoms with Crippen LogP contribution in [-0.2, 0) is 14.3 Å². The molecule has 6 heteroatoms. The minimum atomic E-state index is -0.340. The molecular formula is C11H18BNO4. The first-order valence-corrected chi connectivity index (χ1v) is 6.01. The Kier molecular flexibility index (Phi) is 3.42. The summed E-state index contributed by atoms with van der Waals surface area (Å²) < 4.78 is 10.1. The standard InChI is InChI=1S/C11H18BNO4/c1-13-6-3-4-7(13)9(10(14)16-2)8(5-6)17-11(12)15/h6-9H,3-5,12H2,1-2H3. The predicted molar refractivity (Wildman–Crippen MR) is 63.5 cm³/mol. The molecule has 0 aromatic carbocycles. The zero-order chi connectivity index (χ0) is 12.6. The number of fused-ring (bicyclic) bond motifs is 2. The van der Waals surface area contributed by atoms with Crippen LogP contribution in [0.5, 0.6) is 0 Å². The Morgan fingerprint density at radius 1 is 1.35 bits per heavy atom. The van der Waals surface area contributed by atoms with Crippen molar-refractivity contribution in [1.29, 1.82) is 0 Å². The Morgan fingerprint density at radius 3 is 2.65 bits per heavy atom. The van der Waals surface area contributed by atoms with E-state index in [0.29, 0.717) is 6.04 Å². The monoisotopic (exact) mass is 239 g/mol. The molecule has 2 heterocycles. The molecule has 0 aliphatic carbocycles. The molecule has 17 heavy (non-hydrogen) atoms. The number of carbonyl (C=O) groups is 2. The van der Waals surface area contributed by atoms with Gasteiger partial charge in [0.25, 0.3) is 0 Å². The second kappa shape index (κ2) is 4.68. The van der Waals surface area contributed by atoms with Gasteiger partial charge in [0.2, 0.25) is 13.7 Å². The summed E-state index contributed by atoms with van der Waals surface area (Å²) in [4.78, 5) is 25.2. The number of piperidine rings is 1. The van der Waals surface area contributed by atoms with Crippen molar-refractivity contribution in [2.75, 3.05) is 14.2 Å². The number of methoxy groups -OCH3 is 1. The second-order valence-electron chi connectivity index (χ2n) is 4.90. The first kappa shape index (κ1) is 12.4. The number of carbonyl (C=O) groups excluding carboxylic acids is 2. The average molecular weight is 239 g/mol. The summed E-state index contributed by atoms with van der Waals surface area (Å²) in [6.07, 6.45) is 2.44. The lowest BCUT2D eigenvalue weighted by Crippen LogP contribution is -2.53. The van der Waals surface area contributed by atoms with E-state index >= 15 is 0 Å². The van der Waals surface area contributed by atoms with Crippen LogP contribution < -0.4 is 0 Å². The topological polar surface area (TPSA) is 55.8 Å². The van der Waals surface area contributed by atoms with Crippen LogP contribution in [0.2, 0.25) is 0 Å². The van der Waals surface area contributed by atoms with E-state index in [1.54, 1.807) is 0 Å². The SMILES string of the molecule is BC(=O)OC1CC2CCC(C1C(=O)OC)N2C. The van der Waals surface area contributed by atoms with Gasteiger partial charge in [0, 0.05) is 18.5 Å². The highest BCUT2D eigenvalue weighted by molar-refractivity contribution is 6.55. The highest BCUT2D eigenvalue weighted by Gasteiger charge is 2.50. The van der Waals surface area contributed by atoms with Crippen molar-refractivity contribution in [3.8, 4) is 0 Å². The number of hydrogen-bond acceptors (Lipinski definition) is 5. The zero-order valence-electron chi connectivity index (χ0n) is 10.5. The number of esters is 1. The van der Waals surface area contributed by atoms with Crippen LogP contribution in [0.1, 0.15) is 19.3 Å². The molecule has 2 bridgehead atoms. The van der Waals surface area contributed by atoms with Crippen molar-refractivity contribution >= 4 is 19.7 Å². The third kappa shape index (κ3) is 2.18. The van der Waals surface area contributed by atoms with Crippen LogP contribution in [0, 0.1) is 5.92 Å². The molecule has 0 saturated carbocycles. The van der Waals surface area contributed by atoms with Crippen LogP contribution in [0.25, 0.3) is 0 Å². The summed E-state index contributed by atoms with van der Waals surface area (Å²) >= 11 is 0. The van der Waals surface area contributed by atoms with Crippen LogP contribution in [0.4, 0.5) is 4.79 Å². The maximum absolute atomic E-state index is 11.9. The molecule has 5 nitrogen and oxygen atoms in total. The molecule has 0 amide bonds. The second-order valence-corrected chi connectivity index (χ2v) is 4.90. The maximum Gasteiger partial charge on any atom is 0.314 e. The molecule has 4 unspecified atom stereocenters. The van der Waals surface area contributed by atoms with Gasteiger partial charge in [0.05, 0.1) is 7.11 Å². The zero-order valence-corrected chi connectivity index (χ0v) is 10.5. The van der Waals surface area contributed by atoms with Crippen molar-refractivity contribution in [2.24, 2.45) is 5.92 Å². The number of rotatable bonds is 2. The molecular weight excluding hydrogens is 221 g/mol. The summed E-state index contributed by atoms with van der Waals surface area (Å²) in [5, 5.41) is 0. The van der Waals surface area contributed by atoms with Crippen LogP contribution in [0.15, 0.2) is 0 Å². The lowest BCUT2D eigenvalue weighted by atomic mass is 9.87. The molecule has 2 saturated heterocycles.